The van der Waals surface area contributed by atoms with Crippen LogP contribution in [0.15, 0.2) is 18.6 Å². The number of carboxylic acids is 1. The van der Waals surface area contributed by atoms with Crippen molar-refractivity contribution in [3.05, 3.63) is 30.1 Å². The van der Waals surface area contributed by atoms with Gasteiger partial charge in [-0.15, -0.1) is 5.10 Å². The lowest BCUT2D eigenvalue weighted by Crippen LogP contribution is -2.10. The highest BCUT2D eigenvalue weighted by Gasteiger charge is 2.08. The van der Waals surface area contributed by atoms with Gasteiger partial charge in [0, 0.05) is 25.4 Å². The molecule has 0 bridgehead atoms. The molecule has 1 N–H and O–H groups in total. The summed E-state index contributed by atoms with van der Waals surface area (Å²) in [6.07, 6.45) is 7.10. The van der Waals surface area contributed by atoms with E-state index in [0.717, 1.165) is 18.7 Å². The van der Waals surface area contributed by atoms with E-state index in [9.17, 15) is 4.79 Å². The monoisotopic (exact) mass is 249 g/mol. The quantitative estimate of drug-likeness (QED) is 0.819. The third-order valence-corrected chi connectivity index (χ3v) is 2.60. The van der Waals surface area contributed by atoms with Crippen LogP contribution in [0, 0.1) is 0 Å². The van der Waals surface area contributed by atoms with Crippen LogP contribution in [0.4, 0.5) is 0 Å². The van der Waals surface area contributed by atoms with Gasteiger partial charge >= 0.3 is 5.97 Å². The summed E-state index contributed by atoms with van der Waals surface area (Å²) in [5.41, 5.74) is -0.0330. The molecule has 2 aromatic heterocycles. The average molecular weight is 249 g/mol. The Labute approximate surface area is 104 Å². The molecule has 0 radical (unpaired) electrons. The Hall–Kier alpha value is -2.18. The first-order valence-electron chi connectivity index (χ1n) is 5.84. The van der Waals surface area contributed by atoms with E-state index in [1.807, 2.05) is 10.8 Å². The lowest BCUT2D eigenvalue weighted by Gasteiger charge is -2.06. The number of hydrogen-bond acceptors (Lipinski definition) is 4. The molecule has 0 saturated heterocycles. The zero-order chi connectivity index (χ0) is 13.0. The van der Waals surface area contributed by atoms with Crippen molar-refractivity contribution in [2.24, 2.45) is 0 Å². The van der Waals surface area contributed by atoms with Crippen LogP contribution in [0.25, 0.3) is 0 Å². The molecule has 96 valence electrons. The predicted molar refractivity (Wildman–Crippen MR) is 63.2 cm³/mol. The van der Waals surface area contributed by atoms with Gasteiger partial charge in [0.1, 0.15) is 5.82 Å². The van der Waals surface area contributed by atoms with Crippen LogP contribution in [0.1, 0.15) is 29.7 Å². The highest BCUT2D eigenvalue weighted by atomic mass is 16.4. The number of rotatable bonds is 6. The molecule has 2 rings (SSSR count). The highest BCUT2D eigenvalue weighted by Crippen LogP contribution is 2.02. The number of aromatic carboxylic acids is 1. The van der Waals surface area contributed by atoms with E-state index >= 15 is 0 Å². The Kier molecular flexibility index (Phi) is 3.71. The van der Waals surface area contributed by atoms with Gasteiger partial charge in [0.15, 0.2) is 5.69 Å². The fourth-order valence-electron chi connectivity index (χ4n) is 1.71. The summed E-state index contributed by atoms with van der Waals surface area (Å²) in [5.74, 6) is -0.0216. The van der Waals surface area contributed by atoms with Gasteiger partial charge in [0.2, 0.25) is 0 Å². The van der Waals surface area contributed by atoms with Crippen LogP contribution < -0.4 is 0 Å². The zero-order valence-corrected chi connectivity index (χ0v) is 10.2. The van der Waals surface area contributed by atoms with E-state index in [4.69, 9.17) is 5.11 Å². The second-order valence-corrected chi connectivity index (χ2v) is 3.96. The molecule has 0 saturated carbocycles. The Morgan fingerprint density at radius 2 is 2.28 bits per heavy atom. The molecule has 0 fully saturated rings. The first-order valence-corrected chi connectivity index (χ1v) is 5.84. The van der Waals surface area contributed by atoms with Gasteiger partial charge in [-0.1, -0.05) is 12.1 Å². The zero-order valence-electron chi connectivity index (χ0n) is 10.2. The summed E-state index contributed by atoms with van der Waals surface area (Å²) < 4.78 is 3.57. The number of carboxylic acid groups (broad SMARTS) is 1. The third-order valence-electron chi connectivity index (χ3n) is 2.60. The highest BCUT2D eigenvalue weighted by molar-refractivity contribution is 5.84. The van der Waals surface area contributed by atoms with Crippen LogP contribution in [-0.2, 0) is 19.5 Å². The second-order valence-electron chi connectivity index (χ2n) is 3.96. The summed E-state index contributed by atoms with van der Waals surface area (Å²) in [4.78, 5) is 14.9. The van der Waals surface area contributed by atoms with Crippen molar-refractivity contribution in [1.29, 1.82) is 0 Å². The maximum absolute atomic E-state index is 10.7. The van der Waals surface area contributed by atoms with Gasteiger partial charge in [-0.25, -0.2) is 14.5 Å². The van der Waals surface area contributed by atoms with Crippen molar-refractivity contribution in [1.82, 2.24) is 24.5 Å². The van der Waals surface area contributed by atoms with Gasteiger partial charge in [0.25, 0.3) is 0 Å². The molecule has 0 aliphatic rings. The lowest BCUT2D eigenvalue weighted by atomic mass is 10.3. The van der Waals surface area contributed by atoms with Gasteiger partial charge in [-0.3, -0.25) is 0 Å². The van der Waals surface area contributed by atoms with E-state index < -0.39 is 5.97 Å². The number of carbonyl (C=O) groups is 1. The normalized spacial score (nSPS) is 10.7. The summed E-state index contributed by atoms with van der Waals surface area (Å²) >= 11 is 0. The molecule has 0 amide bonds. The standard InChI is InChI=1S/C11H15N5O2/c1-2-3-10-12-4-5-15(10)6-7-16-8-9(11(17)18)13-14-16/h4-5,8H,2-3,6-7H2,1H3,(H,17,18). The number of aryl methyl sites for hydroxylation is 3. The second kappa shape index (κ2) is 5.44. The topological polar surface area (TPSA) is 85.8 Å². The summed E-state index contributed by atoms with van der Waals surface area (Å²) in [5, 5.41) is 16.1. The van der Waals surface area contributed by atoms with Crippen LogP contribution in [0.5, 0.6) is 0 Å². The van der Waals surface area contributed by atoms with E-state index in [1.54, 1.807) is 6.20 Å². The molecule has 0 aliphatic carbocycles. The average Bonchev–Trinajstić information content (AvgIpc) is 2.95. The minimum absolute atomic E-state index is 0.0330. The summed E-state index contributed by atoms with van der Waals surface area (Å²) in [6.45, 7) is 3.39. The minimum Gasteiger partial charge on any atom is -0.476 e. The molecule has 0 atom stereocenters. The molecular weight excluding hydrogens is 234 g/mol. The molecule has 0 aliphatic heterocycles. The predicted octanol–water partition coefficient (Wildman–Crippen LogP) is 0.825. The van der Waals surface area contributed by atoms with Crippen LogP contribution in [-0.4, -0.2) is 35.6 Å². The molecule has 7 nitrogen and oxygen atoms in total. The fraction of sp³-hybridized carbons (Fsp3) is 0.455. The van der Waals surface area contributed by atoms with Gasteiger partial charge in [-0.05, 0) is 6.42 Å². The summed E-state index contributed by atoms with van der Waals surface area (Å²) in [6, 6.07) is 0. The molecular formula is C11H15N5O2. The SMILES string of the molecule is CCCc1nccn1CCn1cc(C(=O)O)nn1. The van der Waals surface area contributed by atoms with Gasteiger partial charge in [0.05, 0.1) is 12.7 Å². The number of nitrogens with zero attached hydrogens (tertiary/aromatic N) is 5. The first-order chi connectivity index (χ1) is 8.70. The molecule has 0 spiro atoms. The molecule has 2 aromatic rings. The van der Waals surface area contributed by atoms with E-state index in [1.165, 1.54) is 10.9 Å². The number of imidazole rings is 1. The van der Waals surface area contributed by atoms with Crippen molar-refractivity contribution in [3.63, 3.8) is 0 Å². The summed E-state index contributed by atoms with van der Waals surface area (Å²) in [7, 11) is 0. The van der Waals surface area contributed by atoms with Gasteiger partial charge < -0.3 is 9.67 Å². The van der Waals surface area contributed by atoms with Crippen molar-refractivity contribution >= 4 is 5.97 Å². The van der Waals surface area contributed by atoms with E-state index in [-0.39, 0.29) is 5.69 Å². The Bertz CT molecular complexity index is 531. The fourth-order valence-corrected chi connectivity index (χ4v) is 1.71. The smallest absolute Gasteiger partial charge is 0.358 e. The molecule has 0 aromatic carbocycles. The van der Waals surface area contributed by atoms with E-state index in [2.05, 4.69) is 22.2 Å². The van der Waals surface area contributed by atoms with Crippen molar-refractivity contribution in [2.45, 2.75) is 32.9 Å². The third kappa shape index (κ3) is 2.73. The number of hydrogen-bond donors (Lipinski definition) is 1. The largest absolute Gasteiger partial charge is 0.476 e. The maximum atomic E-state index is 10.7. The Balaban J connectivity index is 1.97. The van der Waals surface area contributed by atoms with Crippen molar-refractivity contribution in [2.75, 3.05) is 0 Å². The first kappa shape index (κ1) is 12.3. The Morgan fingerprint density at radius 1 is 1.44 bits per heavy atom. The van der Waals surface area contributed by atoms with Gasteiger partial charge in [-0.2, -0.15) is 0 Å². The maximum Gasteiger partial charge on any atom is 0.358 e. The van der Waals surface area contributed by atoms with Crippen LogP contribution in [0.3, 0.4) is 0 Å². The number of aromatic nitrogens is 5. The van der Waals surface area contributed by atoms with Crippen LogP contribution >= 0.6 is 0 Å². The molecule has 18 heavy (non-hydrogen) atoms. The molecule has 0 unspecified atom stereocenters. The van der Waals surface area contributed by atoms with E-state index in [0.29, 0.717) is 13.1 Å². The van der Waals surface area contributed by atoms with Crippen LogP contribution in [0.2, 0.25) is 0 Å². The lowest BCUT2D eigenvalue weighted by molar-refractivity contribution is 0.0690. The Morgan fingerprint density at radius 3 is 2.94 bits per heavy atom. The molecule has 7 heteroatoms. The minimum atomic E-state index is -1.06. The van der Waals surface area contributed by atoms with Crippen molar-refractivity contribution in [3.8, 4) is 0 Å². The molecule has 2 heterocycles. The van der Waals surface area contributed by atoms with Crippen molar-refractivity contribution < 1.29 is 9.90 Å².